The number of carbonyl (C=O) groups is 2. The lowest BCUT2D eigenvalue weighted by Gasteiger charge is -2.52. The smallest absolute Gasteiger partial charge is 0.355 e. The predicted octanol–water partition coefficient (Wildman–Crippen LogP) is 2.85. The summed E-state index contributed by atoms with van der Waals surface area (Å²) in [5, 5.41) is 9.69. The van der Waals surface area contributed by atoms with E-state index >= 15 is 0 Å². The van der Waals surface area contributed by atoms with E-state index in [1.54, 1.807) is 35.1 Å². The molecule has 1 saturated carbocycles. The van der Waals surface area contributed by atoms with E-state index in [1.165, 1.54) is 0 Å². The summed E-state index contributed by atoms with van der Waals surface area (Å²) in [5.41, 5.74) is -3.47. The molecule has 6 nitrogen and oxygen atoms in total. The molecule has 28 heavy (non-hydrogen) atoms. The van der Waals surface area contributed by atoms with Crippen molar-refractivity contribution in [3.05, 3.63) is 36.2 Å². The fourth-order valence-electron chi connectivity index (χ4n) is 3.42. The normalized spacial score (nSPS) is 21.2. The van der Waals surface area contributed by atoms with Crippen molar-refractivity contribution in [2.24, 2.45) is 11.3 Å². The second kappa shape index (κ2) is 7.65. The Kier molecular flexibility index (Phi) is 5.60. The first-order valence-electron chi connectivity index (χ1n) is 8.78. The van der Waals surface area contributed by atoms with Crippen LogP contribution >= 0.6 is 11.8 Å². The van der Waals surface area contributed by atoms with Crippen LogP contribution in [0.3, 0.4) is 0 Å². The molecule has 2 atom stereocenters. The number of amides is 2. The Hall–Kier alpha value is -2.23. The van der Waals surface area contributed by atoms with Gasteiger partial charge < -0.3 is 10.6 Å². The zero-order valence-corrected chi connectivity index (χ0v) is 16.2. The van der Waals surface area contributed by atoms with Gasteiger partial charge in [-0.1, -0.05) is 13.8 Å². The molecule has 1 fully saturated rings. The third-order valence-electron chi connectivity index (χ3n) is 5.37. The van der Waals surface area contributed by atoms with Crippen LogP contribution in [0.1, 0.15) is 30.6 Å². The molecule has 2 aromatic heterocycles. The summed E-state index contributed by atoms with van der Waals surface area (Å²) in [4.78, 5) is 24.2. The largest absolute Gasteiger partial charge is 0.442 e. The van der Waals surface area contributed by atoms with E-state index in [0.29, 0.717) is 17.5 Å². The summed E-state index contributed by atoms with van der Waals surface area (Å²) in [6.07, 6.45) is 4.03. The molecule has 2 amide bonds. The van der Waals surface area contributed by atoms with Crippen molar-refractivity contribution in [1.29, 1.82) is 0 Å². The van der Waals surface area contributed by atoms with Gasteiger partial charge in [-0.25, -0.2) is 4.52 Å². The molecule has 1 aliphatic rings. The third kappa shape index (κ3) is 4.43. The topological polar surface area (TPSA) is 75.5 Å². The summed E-state index contributed by atoms with van der Waals surface area (Å²) in [7, 11) is 0. The molecule has 0 aliphatic heterocycles. The molecule has 0 aromatic carbocycles. The maximum Gasteiger partial charge on any atom is 0.442 e. The molecule has 10 heteroatoms. The Balaban J connectivity index is 1.52. The van der Waals surface area contributed by atoms with E-state index < -0.39 is 17.2 Å². The van der Waals surface area contributed by atoms with Gasteiger partial charge in [0.15, 0.2) is 0 Å². The highest BCUT2D eigenvalue weighted by Crippen LogP contribution is 2.46. The lowest BCUT2D eigenvalue weighted by Crippen LogP contribution is -2.60. The van der Waals surface area contributed by atoms with Crippen LogP contribution in [0, 0.1) is 11.3 Å². The summed E-state index contributed by atoms with van der Waals surface area (Å²) >= 11 is -0.349. The molecular weight excluding hydrogens is 393 g/mol. The summed E-state index contributed by atoms with van der Waals surface area (Å²) < 4.78 is 38.0. The van der Waals surface area contributed by atoms with Crippen LogP contribution in [0.15, 0.2) is 30.6 Å². The van der Waals surface area contributed by atoms with Gasteiger partial charge in [0.1, 0.15) is 0 Å². The van der Waals surface area contributed by atoms with Crippen molar-refractivity contribution in [3.8, 4) is 0 Å². The first-order chi connectivity index (χ1) is 13.1. The number of hydrogen-bond donors (Lipinski definition) is 2. The van der Waals surface area contributed by atoms with Crippen molar-refractivity contribution in [2.75, 3.05) is 12.3 Å². The number of hydrogen-bond acceptors (Lipinski definition) is 4. The van der Waals surface area contributed by atoms with Gasteiger partial charge in [0.25, 0.3) is 5.91 Å². The third-order valence-corrected chi connectivity index (χ3v) is 6.10. The first kappa shape index (κ1) is 20.5. The van der Waals surface area contributed by atoms with Gasteiger partial charge in [-0.05, 0) is 47.7 Å². The number of thioether (sulfide) groups is 1. The molecule has 152 valence electrons. The average molecular weight is 414 g/mol. The number of aromatic nitrogens is 2. The van der Waals surface area contributed by atoms with Gasteiger partial charge >= 0.3 is 5.51 Å². The van der Waals surface area contributed by atoms with Gasteiger partial charge in [-0.3, -0.25) is 9.59 Å². The fraction of sp³-hybridized carbons (Fsp3) is 0.500. The van der Waals surface area contributed by atoms with E-state index in [2.05, 4.69) is 15.7 Å². The van der Waals surface area contributed by atoms with Gasteiger partial charge in [-0.15, -0.1) is 0 Å². The highest BCUT2D eigenvalue weighted by molar-refractivity contribution is 8.00. The molecule has 2 N–H and O–H groups in total. The quantitative estimate of drug-likeness (QED) is 0.762. The number of halogens is 3. The van der Waals surface area contributed by atoms with Crippen LogP contribution < -0.4 is 10.6 Å². The van der Waals surface area contributed by atoms with Crippen LogP contribution in [0.4, 0.5) is 13.2 Å². The van der Waals surface area contributed by atoms with Crippen molar-refractivity contribution in [3.63, 3.8) is 0 Å². The minimum absolute atomic E-state index is 0.0726. The zero-order valence-electron chi connectivity index (χ0n) is 15.4. The van der Waals surface area contributed by atoms with Gasteiger partial charge in [0.05, 0.1) is 23.0 Å². The zero-order chi connectivity index (χ0) is 20.5. The second-order valence-electron chi connectivity index (χ2n) is 7.40. The molecule has 0 bridgehead atoms. The molecule has 0 radical (unpaired) electrons. The maximum absolute atomic E-state index is 12.7. The SMILES string of the molecule is CC1(C)C(CNC(=O)CSC(F)(F)F)CC1NC(=O)c1cccn2nccc12. The predicted molar refractivity (Wildman–Crippen MR) is 99.9 cm³/mol. The Morgan fingerprint density at radius 3 is 2.79 bits per heavy atom. The van der Waals surface area contributed by atoms with Gasteiger partial charge in [-0.2, -0.15) is 18.3 Å². The maximum atomic E-state index is 12.7. The van der Waals surface area contributed by atoms with E-state index in [9.17, 15) is 22.8 Å². The number of nitrogens with zero attached hydrogens (tertiary/aromatic N) is 2. The highest BCUT2D eigenvalue weighted by atomic mass is 32.2. The highest BCUT2D eigenvalue weighted by Gasteiger charge is 2.48. The Morgan fingerprint density at radius 1 is 1.36 bits per heavy atom. The second-order valence-corrected chi connectivity index (χ2v) is 8.44. The van der Waals surface area contributed by atoms with E-state index in [-0.39, 0.29) is 41.6 Å². The van der Waals surface area contributed by atoms with Crippen molar-refractivity contribution in [2.45, 2.75) is 31.8 Å². The van der Waals surface area contributed by atoms with E-state index in [0.717, 1.165) is 0 Å². The standard InChI is InChI=1S/C18H21F3N4O2S/c1-17(2)11(9-22-15(26)10-28-18(19,20)21)8-14(17)24-16(27)12-4-3-7-25-13(12)5-6-23-25/h3-7,11,14H,8-10H2,1-2H3,(H,22,26)(H,24,27). The summed E-state index contributed by atoms with van der Waals surface area (Å²) in [6.45, 7) is 4.24. The number of pyridine rings is 1. The van der Waals surface area contributed by atoms with Crippen LogP contribution in [-0.4, -0.2) is 45.3 Å². The molecule has 2 aromatic rings. The van der Waals surface area contributed by atoms with E-state index in [1.807, 2.05) is 13.8 Å². The summed E-state index contributed by atoms with van der Waals surface area (Å²) in [6, 6.07) is 5.15. The number of fused-ring (bicyclic) bond motifs is 1. The van der Waals surface area contributed by atoms with Crippen LogP contribution in [0.25, 0.3) is 5.52 Å². The van der Waals surface area contributed by atoms with Gasteiger partial charge in [0, 0.05) is 18.8 Å². The molecule has 1 aliphatic carbocycles. The molecular formula is C18H21F3N4O2S. The Labute approximate surface area is 164 Å². The Bertz CT molecular complexity index is 881. The Morgan fingerprint density at radius 2 is 2.11 bits per heavy atom. The fourth-order valence-corrected chi connectivity index (χ4v) is 3.82. The number of nitrogens with one attached hydrogen (secondary N) is 2. The minimum atomic E-state index is -4.42. The average Bonchev–Trinajstić information content (AvgIpc) is 3.10. The van der Waals surface area contributed by atoms with Crippen LogP contribution in [0.5, 0.6) is 0 Å². The van der Waals surface area contributed by atoms with Crippen molar-refractivity contribution < 1.29 is 22.8 Å². The number of rotatable bonds is 6. The van der Waals surface area contributed by atoms with Crippen molar-refractivity contribution in [1.82, 2.24) is 20.2 Å². The van der Waals surface area contributed by atoms with Gasteiger partial charge in [0.2, 0.25) is 5.91 Å². The molecule has 0 saturated heterocycles. The first-order valence-corrected chi connectivity index (χ1v) is 9.77. The molecule has 2 heterocycles. The van der Waals surface area contributed by atoms with Crippen molar-refractivity contribution >= 4 is 29.1 Å². The monoisotopic (exact) mass is 414 g/mol. The number of carbonyl (C=O) groups excluding carboxylic acids is 2. The lowest BCUT2D eigenvalue weighted by molar-refractivity contribution is -0.119. The summed E-state index contributed by atoms with van der Waals surface area (Å²) in [5.74, 6) is -1.42. The minimum Gasteiger partial charge on any atom is -0.355 e. The van der Waals surface area contributed by atoms with E-state index in [4.69, 9.17) is 0 Å². The molecule has 0 spiro atoms. The number of alkyl halides is 3. The van der Waals surface area contributed by atoms with Crippen LogP contribution in [-0.2, 0) is 4.79 Å². The van der Waals surface area contributed by atoms with Crippen LogP contribution in [0.2, 0.25) is 0 Å². The molecule has 3 rings (SSSR count). The molecule has 2 unspecified atom stereocenters. The lowest BCUT2D eigenvalue weighted by atomic mass is 9.58.